The van der Waals surface area contributed by atoms with Gasteiger partial charge in [-0.2, -0.15) is 4.99 Å². The molecule has 138 valence electrons. The van der Waals surface area contributed by atoms with Gasteiger partial charge in [0.1, 0.15) is 11.4 Å². The van der Waals surface area contributed by atoms with E-state index in [4.69, 9.17) is 15.2 Å². The fourth-order valence-electron chi connectivity index (χ4n) is 2.36. The first-order chi connectivity index (χ1) is 12.2. The number of anilines is 1. The Hall–Kier alpha value is -2.82. The Labute approximate surface area is 154 Å². The van der Waals surface area contributed by atoms with Crippen molar-refractivity contribution in [2.75, 3.05) is 12.3 Å². The number of nitrogens with zero attached hydrogens (tertiary/aromatic N) is 1. The van der Waals surface area contributed by atoms with Gasteiger partial charge in [-0.3, -0.25) is 0 Å². The number of carbonyl (C=O) groups is 1. The molecule has 0 atom stereocenters. The van der Waals surface area contributed by atoms with Crippen molar-refractivity contribution in [3.05, 3.63) is 59.2 Å². The minimum absolute atomic E-state index is 0.515. The molecule has 0 aliphatic rings. The van der Waals surface area contributed by atoms with E-state index >= 15 is 0 Å². The molecule has 0 fully saturated rings. The number of hydrogen-bond donors (Lipinski definition) is 1. The molecule has 0 aliphatic heterocycles. The molecule has 0 aromatic heterocycles. The molecule has 0 spiro atoms. The van der Waals surface area contributed by atoms with E-state index in [0.717, 1.165) is 22.4 Å². The molecular weight excluding hydrogens is 328 g/mol. The maximum absolute atomic E-state index is 11.8. The topological polar surface area (TPSA) is 73.9 Å². The molecule has 2 aromatic carbocycles. The Morgan fingerprint density at radius 1 is 1.19 bits per heavy atom. The van der Waals surface area contributed by atoms with Gasteiger partial charge in [0.05, 0.1) is 6.61 Å². The molecule has 0 bridgehead atoms. The molecule has 2 N–H and O–H groups in total. The summed E-state index contributed by atoms with van der Waals surface area (Å²) in [6, 6.07) is 13.5. The maximum Gasteiger partial charge on any atom is 0.434 e. The second-order valence-corrected chi connectivity index (χ2v) is 7.11. The lowest BCUT2D eigenvalue weighted by Gasteiger charge is -2.17. The van der Waals surface area contributed by atoms with Gasteiger partial charge in [0.2, 0.25) is 0 Å². The summed E-state index contributed by atoms with van der Waals surface area (Å²) in [6.45, 7) is 7.94. The van der Waals surface area contributed by atoms with Crippen molar-refractivity contribution in [2.45, 2.75) is 39.7 Å². The van der Waals surface area contributed by atoms with Gasteiger partial charge in [-0.15, -0.1) is 0 Å². The molecule has 0 saturated heterocycles. The minimum atomic E-state index is -0.623. The molecule has 2 aromatic rings. The highest BCUT2D eigenvalue weighted by Gasteiger charge is 2.15. The van der Waals surface area contributed by atoms with Crippen molar-refractivity contribution in [3.63, 3.8) is 0 Å². The average Bonchev–Trinajstić information content (AvgIpc) is 2.53. The van der Waals surface area contributed by atoms with Crippen LogP contribution in [-0.2, 0) is 11.2 Å². The number of aliphatic imine (C=N–C) groups is 1. The van der Waals surface area contributed by atoms with Gasteiger partial charge in [-0.1, -0.05) is 18.2 Å². The Morgan fingerprint density at radius 2 is 1.96 bits per heavy atom. The Bertz CT molecular complexity index is 792. The van der Waals surface area contributed by atoms with Crippen molar-refractivity contribution in [3.8, 4) is 5.75 Å². The fourth-order valence-corrected chi connectivity index (χ4v) is 2.36. The van der Waals surface area contributed by atoms with Crippen LogP contribution in [0.1, 0.15) is 37.5 Å². The van der Waals surface area contributed by atoms with Crippen molar-refractivity contribution < 1.29 is 14.3 Å². The molecule has 26 heavy (non-hydrogen) atoms. The molecule has 0 aliphatic carbocycles. The van der Waals surface area contributed by atoms with Crippen LogP contribution in [0.2, 0.25) is 0 Å². The van der Waals surface area contributed by atoms with Crippen LogP contribution < -0.4 is 10.5 Å². The Morgan fingerprint density at radius 3 is 2.65 bits per heavy atom. The van der Waals surface area contributed by atoms with Crippen LogP contribution >= 0.6 is 0 Å². The number of nitrogens with two attached hydrogens (primary N) is 1. The summed E-state index contributed by atoms with van der Waals surface area (Å²) in [7, 11) is 0. The Kier molecular flexibility index (Phi) is 6.39. The number of carbonyl (C=O) groups excluding carboxylic acids is 1. The van der Waals surface area contributed by atoms with Crippen molar-refractivity contribution in [2.24, 2.45) is 4.99 Å². The number of nitrogen functional groups attached to an aromatic ring is 1. The molecule has 5 nitrogen and oxygen atoms in total. The second-order valence-electron chi connectivity index (χ2n) is 7.11. The third-order valence-electron chi connectivity index (χ3n) is 3.50. The van der Waals surface area contributed by atoms with Crippen LogP contribution in [0, 0.1) is 6.92 Å². The van der Waals surface area contributed by atoms with E-state index in [9.17, 15) is 4.79 Å². The summed E-state index contributed by atoms with van der Waals surface area (Å²) >= 11 is 0. The van der Waals surface area contributed by atoms with Gasteiger partial charge in [0, 0.05) is 18.3 Å². The summed E-state index contributed by atoms with van der Waals surface area (Å²) in [5.41, 5.74) is 8.83. The smallest absolute Gasteiger partial charge is 0.434 e. The monoisotopic (exact) mass is 354 g/mol. The molecule has 0 saturated carbocycles. The lowest BCUT2D eigenvalue weighted by molar-refractivity contribution is 0.0605. The zero-order chi connectivity index (χ0) is 19.2. The molecule has 1 amide bonds. The predicted octanol–water partition coefficient (Wildman–Crippen LogP) is 4.55. The normalized spacial score (nSPS) is 11.5. The molecule has 0 heterocycles. The largest absolute Gasteiger partial charge is 0.493 e. The Balaban J connectivity index is 2.03. The summed E-state index contributed by atoms with van der Waals surface area (Å²) in [6.07, 6.45) is 1.54. The standard InChI is InChI=1S/C21H26N2O3/c1-15-6-5-7-19(12-15)25-11-10-16-8-9-18(22)13-17(16)14-23-20(24)26-21(2,3)4/h5-9,12-14H,10-11,22H2,1-4H3. The summed E-state index contributed by atoms with van der Waals surface area (Å²) in [5, 5.41) is 0. The van der Waals surface area contributed by atoms with Gasteiger partial charge in [0.25, 0.3) is 0 Å². The average molecular weight is 354 g/mol. The minimum Gasteiger partial charge on any atom is -0.493 e. The lowest BCUT2D eigenvalue weighted by Crippen LogP contribution is -2.22. The molecule has 5 heteroatoms. The summed E-state index contributed by atoms with van der Waals surface area (Å²) in [5.74, 6) is 0.837. The number of ether oxygens (including phenoxy) is 2. The first-order valence-electron chi connectivity index (χ1n) is 8.58. The van der Waals surface area contributed by atoms with E-state index in [1.807, 2.05) is 43.3 Å². The fraction of sp³-hybridized carbons (Fsp3) is 0.333. The molecular formula is C21H26N2O3. The van der Waals surface area contributed by atoms with Gasteiger partial charge in [0.15, 0.2) is 0 Å². The SMILES string of the molecule is Cc1cccc(OCCc2ccc(N)cc2C=NC(=O)OC(C)(C)C)c1. The van der Waals surface area contributed by atoms with E-state index < -0.39 is 11.7 Å². The number of rotatable bonds is 5. The number of amides is 1. The van der Waals surface area contributed by atoms with E-state index in [1.165, 1.54) is 6.21 Å². The van der Waals surface area contributed by atoms with Crippen LogP contribution in [0.15, 0.2) is 47.5 Å². The van der Waals surface area contributed by atoms with Crippen LogP contribution in [0.5, 0.6) is 5.75 Å². The van der Waals surface area contributed by atoms with Gasteiger partial charge in [-0.25, -0.2) is 4.79 Å². The van der Waals surface area contributed by atoms with Gasteiger partial charge < -0.3 is 15.2 Å². The number of benzene rings is 2. The number of hydrogen-bond acceptors (Lipinski definition) is 4. The van der Waals surface area contributed by atoms with Crippen LogP contribution in [0.4, 0.5) is 10.5 Å². The van der Waals surface area contributed by atoms with Crippen molar-refractivity contribution in [1.29, 1.82) is 0 Å². The highest BCUT2D eigenvalue weighted by atomic mass is 16.6. The van der Waals surface area contributed by atoms with E-state index in [-0.39, 0.29) is 0 Å². The van der Waals surface area contributed by atoms with E-state index in [2.05, 4.69) is 4.99 Å². The van der Waals surface area contributed by atoms with Gasteiger partial charge in [-0.05, 0) is 68.7 Å². The van der Waals surface area contributed by atoms with Crippen molar-refractivity contribution >= 4 is 18.0 Å². The second kappa shape index (κ2) is 8.52. The highest BCUT2D eigenvalue weighted by molar-refractivity contribution is 5.91. The lowest BCUT2D eigenvalue weighted by atomic mass is 10.0. The summed E-state index contributed by atoms with van der Waals surface area (Å²) < 4.78 is 11.0. The van der Waals surface area contributed by atoms with E-state index in [1.54, 1.807) is 26.8 Å². The van der Waals surface area contributed by atoms with Crippen LogP contribution in [0.25, 0.3) is 0 Å². The van der Waals surface area contributed by atoms with Crippen LogP contribution in [0.3, 0.4) is 0 Å². The summed E-state index contributed by atoms with van der Waals surface area (Å²) in [4.78, 5) is 15.7. The highest BCUT2D eigenvalue weighted by Crippen LogP contribution is 2.16. The predicted molar refractivity (Wildman–Crippen MR) is 105 cm³/mol. The van der Waals surface area contributed by atoms with Crippen LogP contribution in [-0.4, -0.2) is 24.5 Å². The van der Waals surface area contributed by atoms with Gasteiger partial charge >= 0.3 is 6.09 Å². The van der Waals surface area contributed by atoms with E-state index in [0.29, 0.717) is 18.7 Å². The zero-order valence-electron chi connectivity index (χ0n) is 15.8. The number of aryl methyl sites for hydroxylation is 1. The molecule has 0 radical (unpaired) electrons. The van der Waals surface area contributed by atoms with Crippen molar-refractivity contribution in [1.82, 2.24) is 0 Å². The first-order valence-corrected chi connectivity index (χ1v) is 8.58. The molecule has 2 rings (SSSR count). The maximum atomic E-state index is 11.8. The third-order valence-corrected chi connectivity index (χ3v) is 3.50. The third kappa shape index (κ3) is 6.59. The quantitative estimate of drug-likeness (QED) is 0.631. The first kappa shape index (κ1) is 19.5. The molecule has 0 unspecified atom stereocenters. The zero-order valence-corrected chi connectivity index (χ0v) is 15.8.